The minimum atomic E-state index is -0.242. The van der Waals surface area contributed by atoms with Gasteiger partial charge in [-0.3, -0.25) is 4.79 Å². The zero-order chi connectivity index (χ0) is 13.8. The van der Waals surface area contributed by atoms with Crippen LogP contribution in [0, 0.1) is 0 Å². The Kier molecular flexibility index (Phi) is 3.51. The van der Waals surface area contributed by atoms with Gasteiger partial charge in [-0.15, -0.1) is 16.4 Å². The van der Waals surface area contributed by atoms with Crippen molar-refractivity contribution in [1.29, 1.82) is 0 Å². The number of nitrogens with one attached hydrogen (secondary N) is 1. The fourth-order valence-corrected chi connectivity index (χ4v) is 2.32. The lowest BCUT2D eigenvalue weighted by Crippen LogP contribution is -2.23. The normalized spacial score (nSPS) is 11.2. The number of para-hydroxylation sites is 1. The molecule has 1 N–H and O–H groups in total. The first-order valence-corrected chi connectivity index (χ1v) is 6.84. The molecule has 0 aliphatic carbocycles. The van der Waals surface area contributed by atoms with Crippen LogP contribution in [0.3, 0.4) is 0 Å². The Balaban J connectivity index is 1.64. The van der Waals surface area contributed by atoms with Crippen LogP contribution in [-0.4, -0.2) is 27.1 Å². The number of rotatable bonds is 4. The number of hydrogen-bond acceptors (Lipinski definition) is 5. The molecule has 1 amide bonds. The maximum Gasteiger partial charge on any atom is 0.261 e. The summed E-state index contributed by atoms with van der Waals surface area (Å²) >= 11 is 1.55. The zero-order valence-electron chi connectivity index (χ0n) is 10.4. The molecule has 0 saturated carbocycles. The molecule has 2 aromatic heterocycles. The van der Waals surface area contributed by atoms with Crippen LogP contribution in [0.2, 0.25) is 0 Å². The zero-order valence-corrected chi connectivity index (χ0v) is 11.2. The van der Waals surface area contributed by atoms with Gasteiger partial charge in [-0.25, -0.2) is 10.1 Å². The van der Waals surface area contributed by atoms with E-state index in [0.717, 1.165) is 15.9 Å². The Bertz CT molecular complexity index is 747. The molecule has 0 atom stereocenters. The summed E-state index contributed by atoms with van der Waals surface area (Å²) in [5, 5.41) is 13.8. The van der Waals surface area contributed by atoms with Crippen molar-refractivity contribution < 1.29 is 4.79 Å². The minimum Gasteiger partial charge on any atom is -0.271 e. The van der Waals surface area contributed by atoms with Gasteiger partial charge < -0.3 is 0 Å². The summed E-state index contributed by atoms with van der Waals surface area (Å²) in [6, 6.07) is 11.3. The van der Waals surface area contributed by atoms with E-state index in [0.29, 0.717) is 0 Å². The summed E-state index contributed by atoms with van der Waals surface area (Å²) in [4.78, 5) is 12.8. The van der Waals surface area contributed by atoms with E-state index in [-0.39, 0.29) is 12.5 Å². The van der Waals surface area contributed by atoms with Crippen molar-refractivity contribution in [2.24, 2.45) is 5.10 Å². The average Bonchev–Trinajstić information content (AvgIpc) is 3.09. The van der Waals surface area contributed by atoms with Gasteiger partial charge in [0.05, 0.1) is 11.7 Å². The highest BCUT2D eigenvalue weighted by Gasteiger charge is 2.07. The van der Waals surface area contributed by atoms with Crippen LogP contribution in [0.5, 0.6) is 0 Å². The molecule has 0 saturated heterocycles. The number of benzene rings is 1. The molecule has 2 heterocycles. The number of nitrogens with zero attached hydrogens (tertiary/aromatic N) is 4. The van der Waals surface area contributed by atoms with Crippen molar-refractivity contribution in [1.82, 2.24) is 20.4 Å². The van der Waals surface area contributed by atoms with E-state index in [2.05, 4.69) is 20.8 Å². The van der Waals surface area contributed by atoms with Gasteiger partial charge in [0.15, 0.2) is 0 Å². The Labute approximate surface area is 118 Å². The molecule has 100 valence electrons. The van der Waals surface area contributed by atoms with Crippen LogP contribution >= 0.6 is 11.3 Å². The second kappa shape index (κ2) is 5.62. The third-order valence-corrected chi connectivity index (χ3v) is 3.44. The molecule has 0 fully saturated rings. The third kappa shape index (κ3) is 2.72. The van der Waals surface area contributed by atoms with Gasteiger partial charge in [0, 0.05) is 4.88 Å². The van der Waals surface area contributed by atoms with Crippen LogP contribution in [0.4, 0.5) is 0 Å². The van der Waals surface area contributed by atoms with Crippen molar-refractivity contribution >= 4 is 34.5 Å². The minimum absolute atomic E-state index is 0.0856. The number of aromatic nitrogens is 3. The molecule has 3 rings (SSSR count). The number of hydrogen-bond donors (Lipinski definition) is 1. The van der Waals surface area contributed by atoms with E-state index in [4.69, 9.17) is 0 Å². The quantitative estimate of drug-likeness (QED) is 0.585. The highest BCUT2D eigenvalue weighted by Crippen LogP contribution is 2.09. The van der Waals surface area contributed by atoms with Gasteiger partial charge in [-0.2, -0.15) is 5.10 Å². The standard InChI is InChI=1S/C13H11N5OS/c19-13(16-14-8-10-4-3-7-20-10)9-18-12-6-2-1-5-11(12)15-17-18/h1-8H,9H2,(H,16,19)/b14-8+. The van der Waals surface area contributed by atoms with Crippen LogP contribution in [-0.2, 0) is 11.3 Å². The van der Waals surface area contributed by atoms with E-state index < -0.39 is 0 Å². The van der Waals surface area contributed by atoms with E-state index in [1.165, 1.54) is 0 Å². The lowest BCUT2D eigenvalue weighted by Gasteiger charge is -2.00. The average molecular weight is 285 g/mol. The first-order valence-electron chi connectivity index (χ1n) is 5.96. The van der Waals surface area contributed by atoms with Crippen LogP contribution in [0.25, 0.3) is 11.0 Å². The summed E-state index contributed by atoms with van der Waals surface area (Å²) in [7, 11) is 0. The maximum absolute atomic E-state index is 11.8. The van der Waals surface area contributed by atoms with Gasteiger partial charge in [0.1, 0.15) is 12.1 Å². The highest BCUT2D eigenvalue weighted by molar-refractivity contribution is 7.11. The second-order valence-electron chi connectivity index (χ2n) is 4.04. The summed E-state index contributed by atoms with van der Waals surface area (Å²) in [6.45, 7) is 0.0856. The third-order valence-electron chi connectivity index (χ3n) is 2.64. The molecule has 0 aliphatic heterocycles. The lowest BCUT2D eigenvalue weighted by atomic mass is 10.3. The second-order valence-corrected chi connectivity index (χ2v) is 5.02. The van der Waals surface area contributed by atoms with Gasteiger partial charge in [-0.1, -0.05) is 23.4 Å². The van der Waals surface area contributed by atoms with Crippen molar-refractivity contribution in [3.8, 4) is 0 Å². The molecule has 0 bridgehead atoms. The first-order chi connectivity index (χ1) is 9.83. The predicted molar refractivity (Wildman–Crippen MR) is 77.6 cm³/mol. The Hall–Kier alpha value is -2.54. The first kappa shape index (κ1) is 12.5. The summed E-state index contributed by atoms with van der Waals surface area (Å²) in [5.41, 5.74) is 4.06. The van der Waals surface area contributed by atoms with E-state index >= 15 is 0 Å². The molecular formula is C13H11N5OS. The monoisotopic (exact) mass is 285 g/mol. The molecule has 6 nitrogen and oxygen atoms in total. The van der Waals surface area contributed by atoms with Gasteiger partial charge in [0.25, 0.3) is 5.91 Å². The van der Waals surface area contributed by atoms with Gasteiger partial charge in [-0.05, 0) is 23.6 Å². The molecule has 3 aromatic rings. The number of amides is 1. The molecule has 20 heavy (non-hydrogen) atoms. The number of carbonyl (C=O) groups excluding carboxylic acids is 1. The smallest absolute Gasteiger partial charge is 0.261 e. The Morgan fingerprint density at radius 1 is 1.35 bits per heavy atom. The summed E-state index contributed by atoms with van der Waals surface area (Å²) in [6.07, 6.45) is 1.61. The molecule has 0 radical (unpaired) electrons. The van der Waals surface area contributed by atoms with Crippen LogP contribution in [0.1, 0.15) is 4.88 Å². The number of carbonyl (C=O) groups is 1. The Morgan fingerprint density at radius 2 is 2.25 bits per heavy atom. The van der Waals surface area contributed by atoms with Crippen molar-refractivity contribution in [3.05, 3.63) is 46.7 Å². The number of thiophene rings is 1. The molecule has 0 unspecified atom stereocenters. The van der Waals surface area contributed by atoms with Crippen molar-refractivity contribution in [2.45, 2.75) is 6.54 Å². The summed E-state index contributed by atoms with van der Waals surface area (Å²) < 4.78 is 1.55. The maximum atomic E-state index is 11.8. The van der Waals surface area contributed by atoms with Gasteiger partial charge >= 0.3 is 0 Å². The lowest BCUT2D eigenvalue weighted by molar-refractivity contribution is -0.121. The van der Waals surface area contributed by atoms with Crippen molar-refractivity contribution in [2.75, 3.05) is 0 Å². The number of fused-ring (bicyclic) bond motifs is 1. The fourth-order valence-electron chi connectivity index (χ4n) is 1.74. The van der Waals surface area contributed by atoms with E-state index in [9.17, 15) is 4.79 Å². The summed E-state index contributed by atoms with van der Waals surface area (Å²) in [5.74, 6) is -0.242. The molecule has 1 aromatic carbocycles. The predicted octanol–water partition coefficient (Wildman–Crippen LogP) is 1.64. The molecule has 0 aliphatic rings. The largest absolute Gasteiger partial charge is 0.271 e. The molecule has 0 spiro atoms. The van der Waals surface area contributed by atoms with Crippen LogP contribution in [0.15, 0.2) is 46.9 Å². The van der Waals surface area contributed by atoms with Gasteiger partial charge in [0.2, 0.25) is 0 Å². The van der Waals surface area contributed by atoms with E-state index in [1.54, 1.807) is 22.2 Å². The van der Waals surface area contributed by atoms with Crippen LogP contribution < -0.4 is 5.43 Å². The van der Waals surface area contributed by atoms with Crippen molar-refractivity contribution in [3.63, 3.8) is 0 Å². The fraction of sp³-hybridized carbons (Fsp3) is 0.0769. The topological polar surface area (TPSA) is 72.2 Å². The SMILES string of the molecule is O=C(Cn1nnc2ccccc21)N/N=C/c1cccs1. The molecular weight excluding hydrogens is 274 g/mol. The van der Waals surface area contributed by atoms with E-state index in [1.807, 2.05) is 41.8 Å². The Morgan fingerprint density at radius 3 is 3.10 bits per heavy atom. The highest BCUT2D eigenvalue weighted by atomic mass is 32.1. The molecule has 7 heteroatoms. The number of hydrazone groups is 1.